The molecule has 1 amide bonds. The van der Waals surface area contributed by atoms with E-state index < -0.39 is 11.7 Å². The summed E-state index contributed by atoms with van der Waals surface area (Å²) < 4.78 is 2.01. The Hall–Kier alpha value is -2.43. The van der Waals surface area contributed by atoms with Crippen LogP contribution in [-0.2, 0) is 17.9 Å². The van der Waals surface area contributed by atoms with Gasteiger partial charge in [-0.05, 0) is 18.6 Å². The minimum atomic E-state index is -0.463. The fourth-order valence-electron chi connectivity index (χ4n) is 2.49. The first-order chi connectivity index (χ1) is 9.72. The molecule has 0 bridgehead atoms. The highest BCUT2D eigenvalue weighted by Crippen LogP contribution is 2.29. The van der Waals surface area contributed by atoms with Crippen LogP contribution in [-0.4, -0.2) is 21.2 Å². The van der Waals surface area contributed by atoms with Crippen molar-refractivity contribution in [1.82, 2.24) is 9.55 Å². The van der Waals surface area contributed by atoms with Crippen LogP contribution in [0.1, 0.15) is 29.4 Å². The molecular weight excluding hydrogens is 254 g/mol. The molecule has 102 valence electrons. The van der Waals surface area contributed by atoms with E-state index in [1.165, 1.54) is 4.90 Å². The van der Waals surface area contributed by atoms with Gasteiger partial charge in [0.25, 0.3) is 11.7 Å². The summed E-state index contributed by atoms with van der Waals surface area (Å²) in [6, 6.07) is 7.10. The molecule has 0 spiro atoms. The van der Waals surface area contributed by atoms with Crippen molar-refractivity contribution in [2.75, 3.05) is 4.90 Å². The van der Waals surface area contributed by atoms with E-state index in [1.54, 1.807) is 30.7 Å². The van der Waals surface area contributed by atoms with Crippen LogP contribution < -0.4 is 4.90 Å². The number of Topliss-reactive ketones (excluding diaryl/α,β-unsaturated/α-hetero) is 1. The number of benzene rings is 1. The van der Waals surface area contributed by atoms with E-state index >= 15 is 0 Å². The monoisotopic (exact) mass is 269 g/mol. The van der Waals surface area contributed by atoms with E-state index in [9.17, 15) is 9.59 Å². The van der Waals surface area contributed by atoms with Crippen molar-refractivity contribution in [1.29, 1.82) is 0 Å². The molecule has 0 unspecified atom stereocenters. The average Bonchev–Trinajstić information content (AvgIpc) is 2.99. The first-order valence-corrected chi connectivity index (χ1v) is 6.66. The molecule has 0 saturated carbocycles. The van der Waals surface area contributed by atoms with Gasteiger partial charge in [-0.25, -0.2) is 4.98 Å². The number of nitrogens with zero attached hydrogens (tertiary/aromatic N) is 3. The van der Waals surface area contributed by atoms with Crippen LogP contribution in [0.2, 0.25) is 0 Å². The van der Waals surface area contributed by atoms with Crippen molar-refractivity contribution in [3.63, 3.8) is 0 Å². The third-order valence-electron chi connectivity index (χ3n) is 3.46. The van der Waals surface area contributed by atoms with Crippen LogP contribution in [0.25, 0.3) is 0 Å². The maximum atomic E-state index is 12.1. The Morgan fingerprint density at radius 3 is 2.80 bits per heavy atom. The number of hydrogen-bond acceptors (Lipinski definition) is 3. The molecule has 1 aromatic carbocycles. The highest BCUT2D eigenvalue weighted by molar-refractivity contribution is 6.52. The number of fused-ring (bicyclic) bond motifs is 1. The number of rotatable bonds is 4. The fraction of sp³-hybridized carbons (Fsp3) is 0.267. The molecule has 0 N–H and O–H groups in total. The summed E-state index contributed by atoms with van der Waals surface area (Å²) in [5.74, 6) is -0.891. The topological polar surface area (TPSA) is 55.2 Å². The Labute approximate surface area is 116 Å². The van der Waals surface area contributed by atoms with Gasteiger partial charge in [-0.2, -0.15) is 0 Å². The lowest BCUT2D eigenvalue weighted by molar-refractivity contribution is -0.114. The summed E-state index contributed by atoms with van der Waals surface area (Å²) >= 11 is 0. The molecule has 2 aromatic rings. The van der Waals surface area contributed by atoms with Gasteiger partial charge in [0.15, 0.2) is 0 Å². The zero-order valence-corrected chi connectivity index (χ0v) is 11.2. The smallest absolute Gasteiger partial charge is 0.299 e. The number of aryl methyl sites for hydroxylation is 1. The van der Waals surface area contributed by atoms with Gasteiger partial charge < -0.3 is 4.57 Å². The zero-order valence-electron chi connectivity index (χ0n) is 11.2. The highest BCUT2D eigenvalue weighted by Gasteiger charge is 2.35. The summed E-state index contributed by atoms with van der Waals surface area (Å²) in [6.07, 6.45) is 4.49. The second-order valence-corrected chi connectivity index (χ2v) is 4.82. The van der Waals surface area contributed by atoms with Gasteiger partial charge in [0, 0.05) is 12.7 Å². The van der Waals surface area contributed by atoms with Gasteiger partial charge >= 0.3 is 0 Å². The summed E-state index contributed by atoms with van der Waals surface area (Å²) in [5.41, 5.74) is 2.11. The Kier molecular flexibility index (Phi) is 3.10. The minimum absolute atomic E-state index is 0.377. The quantitative estimate of drug-likeness (QED) is 0.798. The summed E-state index contributed by atoms with van der Waals surface area (Å²) in [7, 11) is 0. The first-order valence-electron chi connectivity index (χ1n) is 6.66. The molecule has 0 saturated heterocycles. The Morgan fingerprint density at radius 2 is 2.00 bits per heavy atom. The van der Waals surface area contributed by atoms with E-state index in [0.717, 1.165) is 18.7 Å². The molecule has 3 rings (SSSR count). The Morgan fingerprint density at radius 1 is 1.20 bits per heavy atom. The molecule has 0 atom stereocenters. The molecule has 0 aliphatic carbocycles. The number of para-hydroxylation sites is 1. The predicted molar refractivity (Wildman–Crippen MR) is 74.5 cm³/mol. The largest absolute Gasteiger partial charge is 0.333 e. The molecule has 5 nitrogen and oxygen atoms in total. The van der Waals surface area contributed by atoms with E-state index in [4.69, 9.17) is 0 Å². The normalized spacial score (nSPS) is 13.9. The third kappa shape index (κ3) is 1.91. The predicted octanol–water partition coefficient (Wildman–Crippen LogP) is 2.02. The van der Waals surface area contributed by atoms with Crippen molar-refractivity contribution >= 4 is 17.4 Å². The molecule has 1 aromatic heterocycles. The van der Waals surface area contributed by atoms with Crippen LogP contribution in [0.5, 0.6) is 0 Å². The van der Waals surface area contributed by atoms with Crippen molar-refractivity contribution in [2.24, 2.45) is 0 Å². The fourth-order valence-corrected chi connectivity index (χ4v) is 2.49. The molecular formula is C15H15N3O2. The SMILES string of the molecule is CCCn1cncc1CN1C(=O)C(=O)c2ccccc21. The van der Waals surface area contributed by atoms with E-state index in [2.05, 4.69) is 11.9 Å². The number of aromatic nitrogens is 2. The van der Waals surface area contributed by atoms with Crippen LogP contribution in [0, 0.1) is 0 Å². The lowest BCUT2D eigenvalue weighted by Crippen LogP contribution is -2.30. The van der Waals surface area contributed by atoms with Crippen molar-refractivity contribution in [3.05, 3.63) is 48.0 Å². The minimum Gasteiger partial charge on any atom is -0.333 e. The van der Waals surface area contributed by atoms with Crippen LogP contribution >= 0.6 is 0 Å². The molecule has 1 aliphatic heterocycles. The second kappa shape index (κ2) is 4.92. The number of carbonyl (C=O) groups is 2. The summed E-state index contributed by atoms with van der Waals surface area (Å²) in [6.45, 7) is 3.32. The van der Waals surface area contributed by atoms with Crippen LogP contribution in [0.4, 0.5) is 5.69 Å². The van der Waals surface area contributed by atoms with Crippen LogP contribution in [0.3, 0.4) is 0 Å². The van der Waals surface area contributed by atoms with Crippen molar-refractivity contribution < 1.29 is 9.59 Å². The number of imidazole rings is 1. The maximum Gasteiger partial charge on any atom is 0.299 e. The Bertz CT molecular complexity index is 675. The number of ketones is 1. The number of anilines is 1. The maximum absolute atomic E-state index is 12.1. The first kappa shape index (κ1) is 12.6. The van der Waals surface area contributed by atoms with Gasteiger partial charge in [-0.1, -0.05) is 19.1 Å². The van der Waals surface area contributed by atoms with E-state index in [0.29, 0.717) is 17.8 Å². The van der Waals surface area contributed by atoms with Crippen molar-refractivity contribution in [2.45, 2.75) is 26.4 Å². The van der Waals surface area contributed by atoms with Crippen molar-refractivity contribution in [3.8, 4) is 0 Å². The lowest BCUT2D eigenvalue weighted by Gasteiger charge is -2.17. The van der Waals surface area contributed by atoms with Gasteiger partial charge in [0.2, 0.25) is 0 Å². The average molecular weight is 269 g/mol. The van der Waals surface area contributed by atoms with E-state index in [-0.39, 0.29) is 0 Å². The van der Waals surface area contributed by atoms with Gasteiger partial charge in [0.1, 0.15) is 0 Å². The number of hydrogen-bond donors (Lipinski definition) is 0. The Balaban J connectivity index is 1.93. The van der Waals surface area contributed by atoms with Crippen LogP contribution in [0.15, 0.2) is 36.8 Å². The molecule has 0 fully saturated rings. The molecule has 0 radical (unpaired) electrons. The standard InChI is InChI=1S/C15H15N3O2/c1-2-7-17-10-16-8-11(17)9-18-13-6-4-3-5-12(13)14(19)15(18)20/h3-6,8,10H,2,7,9H2,1H3. The van der Waals surface area contributed by atoms with Gasteiger partial charge in [-0.3, -0.25) is 14.5 Å². The van der Waals surface area contributed by atoms with E-state index in [1.807, 2.05) is 10.6 Å². The molecule has 2 heterocycles. The molecule has 1 aliphatic rings. The van der Waals surface area contributed by atoms with Gasteiger partial charge in [0.05, 0.1) is 29.8 Å². The number of carbonyl (C=O) groups excluding carboxylic acids is 2. The summed E-state index contributed by atoms with van der Waals surface area (Å²) in [4.78, 5) is 29.7. The second-order valence-electron chi connectivity index (χ2n) is 4.82. The zero-order chi connectivity index (χ0) is 14.1. The lowest BCUT2D eigenvalue weighted by atomic mass is 10.1. The highest BCUT2D eigenvalue weighted by atomic mass is 16.2. The molecule has 5 heteroatoms. The third-order valence-corrected chi connectivity index (χ3v) is 3.46. The van der Waals surface area contributed by atoms with Gasteiger partial charge in [-0.15, -0.1) is 0 Å². The molecule has 20 heavy (non-hydrogen) atoms. The number of amides is 1. The summed E-state index contributed by atoms with van der Waals surface area (Å²) in [5, 5.41) is 0.